The summed E-state index contributed by atoms with van der Waals surface area (Å²) in [5.41, 5.74) is 5.68. The first-order chi connectivity index (χ1) is 34.7. The Kier molecular flexibility index (Phi) is 31.0. The average Bonchev–Trinajstić information content (AvgIpc) is 3.34. The van der Waals surface area contributed by atoms with Crippen LogP contribution >= 0.6 is 0 Å². The number of aliphatic hydroxyl groups is 12. The van der Waals surface area contributed by atoms with Crippen molar-refractivity contribution in [2.45, 2.75) is 230 Å². The van der Waals surface area contributed by atoms with Gasteiger partial charge < -0.3 is 81.8 Å². The molecule has 0 saturated carbocycles. The molecule has 74 heavy (non-hydrogen) atoms. The smallest absolute Gasteiger partial charge is 0.311 e. The number of aliphatic imine (C=N–C) groups is 1. The van der Waals surface area contributed by atoms with Gasteiger partial charge in [0.15, 0.2) is 11.7 Å². The third-order valence-corrected chi connectivity index (χ3v) is 15.6. The normalized spacial score (nSPS) is 41.3. The summed E-state index contributed by atoms with van der Waals surface area (Å²) >= 11 is 0. The molecular formula is C56H101N3O15. The molecular weight excluding hydrogens is 955 g/mol. The van der Waals surface area contributed by atoms with Gasteiger partial charge in [-0.3, -0.25) is 9.79 Å². The fourth-order valence-electron chi connectivity index (χ4n) is 9.90. The van der Waals surface area contributed by atoms with Crippen LogP contribution in [0.3, 0.4) is 0 Å². The van der Waals surface area contributed by atoms with Gasteiger partial charge in [0.25, 0.3) is 0 Å². The van der Waals surface area contributed by atoms with E-state index in [-0.39, 0.29) is 56.8 Å². The second-order valence-corrected chi connectivity index (χ2v) is 22.3. The van der Waals surface area contributed by atoms with E-state index in [1.165, 1.54) is 12.2 Å². The Balaban J connectivity index is 2.32. The zero-order valence-corrected chi connectivity index (χ0v) is 46.0. The van der Waals surface area contributed by atoms with E-state index in [0.717, 1.165) is 45.1 Å². The number of hydrogen-bond donors (Lipinski definition) is 14. The zero-order chi connectivity index (χ0) is 55.9. The lowest BCUT2D eigenvalue weighted by atomic mass is 9.83. The van der Waals surface area contributed by atoms with Gasteiger partial charge in [0, 0.05) is 56.5 Å². The van der Waals surface area contributed by atoms with Gasteiger partial charge in [0.05, 0.1) is 73.1 Å². The minimum absolute atomic E-state index is 0.0856. The van der Waals surface area contributed by atoms with E-state index in [4.69, 9.17) is 15.2 Å². The Bertz CT molecular complexity index is 1720. The highest BCUT2D eigenvalue weighted by molar-refractivity contribution is 5.77. The standard InChI is InChI=1S/C56H101N3O15/c1-33(18-14-12-10-11-13-17-25-59-55(57)58-9)26-37(5)52-36(4)19-15-16-20-44(62)38(6)48(66)29-42(61)27-41(60)28-43-30-50(68)53(70)56(72,74-43)32-51(69)35(3)22-23-45(63)39(7)49(67)31-47(65)34(2)21-24-46(64)40(8)54(71)73-52/h10-11,15-16,19-21,24,33-53,60-70,72H,12-14,17-18,22-23,25-32H2,1-9H3,(H3,57,58,59)/b11-10+,19-15+,20-16+,24-21+. The first-order valence-corrected chi connectivity index (χ1v) is 27.4. The van der Waals surface area contributed by atoms with Gasteiger partial charge in [-0.15, -0.1) is 0 Å². The van der Waals surface area contributed by atoms with Crippen molar-refractivity contribution in [3.63, 3.8) is 0 Å². The first kappa shape index (κ1) is 67.3. The number of aliphatic hydroxyl groups excluding tert-OH is 11. The summed E-state index contributed by atoms with van der Waals surface area (Å²) < 4.78 is 12.0. The van der Waals surface area contributed by atoms with E-state index in [0.29, 0.717) is 11.9 Å². The molecule has 18 nitrogen and oxygen atoms in total. The molecule has 2 rings (SSSR count). The molecule has 2 bridgehead atoms. The largest absolute Gasteiger partial charge is 0.461 e. The molecule has 0 amide bonds. The second kappa shape index (κ2) is 34.1. The third-order valence-electron chi connectivity index (χ3n) is 15.6. The van der Waals surface area contributed by atoms with Crippen LogP contribution in [0.1, 0.15) is 145 Å². The van der Waals surface area contributed by atoms with E-state index in [2.05, 4.69) is 29.4 Å². The van der Waals surface area contributed by atoms with Crippen LogP contribution in [0.5, 0.6) is 0 Å². The van der Waals surface area contributed by atoms with Crippen LogP contribution in [0.2, 0.25) is 0 Å². The summed E-state index contributed by atoms with van der Waals surface area (Å²) in [7, 11) is 1.64. The number of guanidine groups is 1. The molecule has 2 heterocycles. The second-order valence-electron chi connectivity index (χ2n) is 22.3. The number of cyclic esters (lactones) is 1. The molecule has 0 aromatic carbocycles. The van der Waals surface area contributed by atoms with Gasteiger partial charge >= 0.3 is 5.97 Å². The fourth-order valence-corrected chi connectivity index (χ4v) is 9.90. The number of hydrogen-bond acceptors (Lipinski definition) is 16. The minimum atomic E-state index is -2.40. The van der Waals surface area contributed by atoms with Gasteiger partial charge in [-0.05, 0) is 88.9 Å². The van der Waals surface area contributed by atoms with E-state index in [9.17, 15) is 66.1 Å². The van der Waals surface area contributed by atoms with Crippen molar-refractivity contribution in [3.05, 3.63) is 48.6 Å². The lowest BCUT2D eigenvalue weighted by molar-refractivity contribution is -0.333. The number of allylic oxidation sites excluding steroid dienone is 4. The highest BCUT2D eigenvalue weighted by atomic mass is 16.7. The highest BCUT2D eigenvalue weighted by Gasteiger charge is 2.50. The maximum Gasteiger partial charge on any atom is 0.311 e. The molecule has 2 aliphatic rings. The first-order valence-electron chi connectivity index (χ1n) is 27.4. The lowest BCUT2D eigenvalue weighted by Crippen LogP contribution is -2.59. The topological polar surface area (TPSA) is 329 Å². The molecule has 2 aliphatic heterocycles. The monoisotopic (exact) mass is 1060 g/mol. The van der Waals surface area contributed by atoms with Crippen LogP contribution < -0.4 is 11.1 Å². The number of nitrogens with two attached hydrogens (primary N) is 1. The van der Waals surface area contributed by atoms with Gasteiger partial charge in [0.2, 0.25) is 0 Å². The third kappa shape index (κ3) is 23.8. The Morgan fingerprint density at radius 1 is 0.716 bits per heavy atom. The van der Waals surface area contributed by atoms with Crippen molar-refractivity contribution in [3.8, 4) is 0 Å². The summed E-state index contributed by atoms with van der Waals surface area (Å²) in [5, 5.41) is 135. The van der Waals surface area contributed by atoms with E-state index in [1.54, 1.807) is 59.9 Å². The number of carbonyl (C=O) groups is 1. The maximum absolute atomic E-state index is 13.8. The Morgan fingerprint density at radius 3 is 2.00 bits per heavy atom. The van der Waals surface area contributed by atoms with Crippen molar-refractivity contribution >= 4 is 11.9 Å². The molecule has 18 heteroatoms. The number of nitrogens with one attached hydrogen (secondary N) is 1. The number of ether oxygens (including phenoxy) is 2. The molecule has 0 radical (unpaired) electrons. The molecule has 430 valence electrons. The lowest BCUT2D eigenvalue weighted by Gasteiger charge is -2.45. The summed E-state index contributed by atoms with van der Waals surface area (Å²) in [4.78, 5) is 17.7. The van der Waals surface area contributed by atoms with Crippen molar-refractivity contribution in [1.29, 1.82) is 0 Å². The molecule has 1 saturated heterocycles. The zero-order valence-electron chi connectivity index (χ0n) is 46.0. The van der Waals surface area contributed by atoms with Crippen molar-refractivity contribution in [2.75, 3.05) is 13.6 Å². The van der Waals surface area contributed by atoms with E-state index in [1.807, 2.05) is 19.9 Å². The number of nitrogens with zero attached hydrogens (tertiary/aromatic N) is 1. The maximum atomic E-state index is 13.8. The molecule has 22 atom stereocenters. The quantitative estimate of drug-likeness (QED) is 0.0464. The number of fused-ring (bicyclic) bond motifs is 2. The average molecular weight is 1060 g/mol. The number of unbranched alkanes of at least 4 members (excludes halogenated alkanes) is 2. The van der Waals surface area contributed by atoms with Crippen molar-refractivity contribution < 1.29 is 75.5 Å². The van der Waals surface area contributed by atoms with E-state index >= 15 is 0 Å². The minimum Gasteiger partial charge on any atom is -0.461 e. The van der Waals surface area contributed by atoms with Gasteiger partial charge in [0.1, 0.15) is 12.2 Å². The molecule has 0 aliphatic carbocycles. The summed E-state index contributed by atoms with van der Waals surface area (Å²) in [5.74, 6) is -6.16. The van der Waals surface area contributed by atoms with Crippen molar-refractivity contribution in [2.24, 2.45) is 58.1 Å². The number of rotatable bonds is 11. The van der Waals surface area contributed by atoms with Crippen LogP contribution in [0.15, 0.2) is 53.6 Å². The molecule has 0 aromatic rings. The van der Waals surface area contributed by atoms with Crippen LogP contribution in [0.25, 0.3) is 0 Å². The van der Waals surface area contributed by atoms with Crippen LogP contribution in [-0.2, 0) is 14.3 Å². The van der Waals surface area contributed by atoms with Gasteiger partial charge in [-0.25, -0.2) is 0 Å². The summed E-state index contributed by atoms with van der Waals surface area (Å²) in [6.45, 7) is 15.1. The SMILES string of the molecule is CN=C(N)NCCC/C=C/CCCC(C)CC(C)C1OC(=O)C(C)C(O)/C=C/C(C)C(O)CC(O)C(C)C(O)CCC(C)C(O)CC2(O)OC(CC(O)CC(O)CC(O)C(C)C(O)/C=C/C=C/C1C)CC(O)C2O. The highest BCUT2D eigenvalue weighted by Crippen LogP contribution is 2.36. The van der Waals surface area contributed by atoms with E-state index < -0.39 is 127 Å². The molecule has 0 spiro atoms. The number of carbonyl (C=O) groups excluding carboxylic acids is 1. The summed E-state index contributed by atoms with van der Waals surface area (Å²) in [6.07, 6.45) is 3.37. The van der Waals surface area contributed by atoms with Crippen LogP contribution in [-0.4, -0.2) is 172 Å². The molecule has 15 N–H and O–H groups in total. The van der Waals surface area contributed by atoms with Gasteiger partial charge in [-0.1, -0.05) is 103 Å². The molecule has 1 fully saturated rings. The van der Waals surface area contributed by atoms with Crippen LogP contribution in [0.4, 0.5) is 0 Å². The molecule has 0 aromatic heterocycles. The number of esters is 1. The van der Waals surface area contributed by atoms with Gasteiger partial charge in [-0.2, -0.15) is 0 Å². The Labute approximate surface area is 442 Å². The van der Waals surface area contributed by atoms with Crippen LogP contribution in [0, 0.1) is 47.3 Å². The Hall–Kier alpha value is -2.82. The molecule has 22 unspecified atom stereocenters. The predicted molar refractivity (Wildman–Crippen MR) is 286 cm³/mol. The Morgan fingerprint density at radius 2 is 1.34 bits per heavy atom. The van der Waals surface area contributed by atoms with Crippen molar-refractivity contribution in [1.82, 2.24) is 5.32 Å². The predicted octanol–water partition coefficient (Wildman–Crippen LogP) is 3.28. The summed E-state index contributed by atoms with van der Waals surface area (Å²) in [6, 6.07) is 0. The fraction of sp³-hybridized carbons (Fsp3) is 0.821.